The molecule has 2 amide bonds. The van der Waals surface area contributed by atoms with Crippen molar-refractivity contribution < 1.29 is 9.59 Å². The summed E-state index contributed by atoms with van der Waals surface area (Å²) in [6.45, 7) is 2.55. The maximum absolute atomic E-state index is 12.9. The van der Waals surface area contributed by atoms with E-state index in [0.29, 0.717) is 6.54 Å². The van der Waals surface area contributed by atoms with Gasteiger partial charge in [-0.2, -0.15) is 0 Å². The number of fused-ring (bicyclic) bond motifs is 1. The van der Waals surface area contributed by atoms with Gasteiger partial charge < -0.3 is 10.2 Å². The van der Waals surface area contributed by atoms with Crippen molar-refractivity contribution in [3.05, 3.63) is 59.7 Å². The molecule has 0 unspecified atom stereocenters. The Balaban J connectivity index is 1.47. The summed E-state index contributed by atoms with van der Waals surface area (Å²) >= 11 is 1.84. The first-order valence-electron chi connectivity index (χ1n) is 9.57. The number of nitrogens with one attached hydrogen (secondary N) is 1. The van der Waals surface area contributed by atoms with Crippen LogP contribution in [-0.2, 0) is 16.0 Å². The number of hydrogen-bond acceptors (Lipinski definition) is 3. The Bertz CT molecular complexity index is 867. The van der Waals surface area contributed by atoms with Crippen LogP contribution in [-0.4, -0.2) is 24.1 Å². The molecule has 140 valence electrons. The molecule has 1 N–H and O–H groups in total. The van der Waals surface area contributed by atoms with Gasteiger partial charge in [-0.15, -0.1) is 11.8 Å². The summed E-state index contributed by atoms with van der Waals surface area (Å²) in [5.74, 6) is 0.744. The second kappa shape index (κ2) is 7.77. The monoisotopic (exact) mass is 380 g/mol. The van der Waals surface area contributed by atoms with Crippen LogP contribution >= 0.6 is 11.8 Å². The van der Waals surface area contributed by atoms with Crippen LogP contribution in [0.3, 0.4) is 0 Å². The third-order valence-electron chi connectivity index (χ3n) is 5.43. The first-order valence-corrected chi connectivity index (χ1v) is 10.6. The summed E-state index contributed by atoms with van der Waals surface area (Å²) in [5.41, 5.74) is 3.28. The van der Waals surface area contributed by atoms with Crippen LogP contribution in [0.15, 0.2) is 53.4 Å². The molecular formula is C22H24N2O2S. The first-order chi connectivity index (χ1) is 13.2. The van der Waals surface area contributed by atoms with Crippen molar-refractivity contribution in [1.29, 1.82) is 0 Å². The van der Waals surface area contributed by atoms with Gasteiger partial charge in [0.1, 0.15) is 0 Å². The summed E-state index contributed by atoms with van der Waals surface area (Å²) in [6.07, 6.45) is 2.08. The number of para-hydroxylation sites is 1. The fraction of sp³-hybridized carbons (Fsp3) is 0.364. The smallest absolute Gasteiger partial charge is 0.227 e. The number of benzene rings is 2. The highest BCUT2D eigenvalue weighted by Crippen LogP contribution is 2.36. The topological polar surface area (TPSA) is 49.4 Å². The molecule has 2 aromatic carbocycles. The fourth-order valence-electron chi connectivity index (χ4n) is 3.97. The molecule has 27 heavy (non-hydrogen) atoms. The molecular weight excluding hydrogens is 356 g/mol. The van der Waals surface area contributed by atoms with Crippen LogP contribution in [0, 0.1) is 5.92 Å². The number of aryl methyl sites for hydroxylation is 1. The van der Waals surface area contributed by atoms with Gasteiger partial charge in [0, 0.05) is 29.3 Å². The minimum Gasteiger partial charge on any atom is -0.349 e. The molecule has 1 fully saturated rings. The van der Waals surface area contributed by atoms with Gasteiger partial charge in [0.15, 0.2) is 0 Å². The van der Waals surface area contributed by atoms with Gasteiger partial charge in [-0.25, -0.2) is 0 Å². The van der Waals surface area contributed by atoms with Gasteiger partial charge >= 0.3 is 0 Å². The van der Waals surface area contributed by atoms with Crippen molar-refractivity contribution in [3.63, 3.8) is 0 Å². The average molecular weight is 381 g/mol. The van der Waals surface area contributed by atoms with Gasteiger partial charge in [-0.3, -0.25) is 9.59 Å². The van der Waals surface area contributed by atoms with Gasteiger partial charge in [-0.1, -0.05) is 43.3 Å². The molecule has 0 saturated carbocycles. The highest BCUT2D eigenvalue weighted by molar-refractivity contribution is 7.99. The Kier molecular flexibility index (Phi) is 5.21. The SMILES string of the molecule is CCc1ccccc1N1C[C@@H](C(=O)N[C@@H]2CCSc3ccccc32)CC1=O. The second-order valence-corrected chi connectivity index (χ2v) is 8.26. The molecule has 2 aromatic rings. The molecule has 4 nitrogen and oxygen atoms in total. The zero-order valence-corrected chi connectivity index (χ0v) is 16.3. The summed E-state index contributed by atoms with van der Waals surface area (Å²) < 4.78 is 0. The molecule has 0 bridgehead atoms. The van der Waals surface area contributed by atoms with E-state index in [-0.39, 0.29) is 30.2 Å². The Morgan fingerprint density at radius 2 is 1.96 bits per heavy atom. The van der Waals surface area contributed by atoms with Crippen molar-refractivity contribution in [2.75, 3.05) is 17.2 Å². The highest BCUT2D eigenvalue weighted by Gasteiger charge is 2.37. The third-order valence-corrected chi connectivity index (χ3v) is 6.56. The third kappa shape index (κ3) is 3.61. The number of amides is 2. The molecule has 0 aliphatic carbocycles. The molecule has 4 rings (SSSR count). The van der Waals surface area contributed by atoms with E-state index in [1.807, 2.05) is 48.2 Å². The average Bonchev–Trinajstić information content (AvgIpc) is 3.10. The molecule has 2 aliphatic rings. The maximum Gasteiger partial charge on any atom is 0.227 e. The van der Waals surface area contributed by atoms with E-state index >= 15 is 0 Å². The number of rotatable bonds is 4. The molecule has 1 saturated heterocycles. The zero-order valence-electron chi connectivity index (χ0n) is 15.5. The van der Waals surface area contributed by atoms with Gasteiger partial charge in [0.2, 0.25) is 11.8 Å². The second-order valence-electron chi connectivity index (χ2n) is 7.12. The van der Waals surface area contributed by atoms with Crippen LogP contribution in [0.2, 0.25) is 0 Å². The summed E-state index contributed by atoms with van der Waals surface area (Å²) in [7, 11) is 0. The van der Waals surface area contributed by atoms with Crippen LogP contribution in [0.5, 0.6) is 0 Å². The molecule has 0 spiro atoms. The van der Waals surface area contributed by atoms with Gasteiger partial charge in [-0.05, 0) is 36.1 Å². The van der Waals surface area contributed by atoms with Crippen LogP contribution in [0.1, 0.15) is 36.9 Å². The quantitative estimate of drug-likeness (QED) is 0.874. The number of carbonyl (C=O) groups is 2. The van der Waals surface area contributed by atoms with Crippen molar-refractivity contribution >= 4 is 29.3 Å². The lowest BCUT2D eigenvalue weighted by atomic mass is 10.0. The van der Waals surface area contributed by atoms with Crippen molar-refractivity contribution in [3.8, 4) is 0 Å². The van der Waals surface area contributed by atoms with E-state index in [2.05, 4.69) is 24.4 Å². The Hall–Kier alpha value is -2.27. The minimum absolute atomic E-state index is 0.00784. The summed E-state index contributed by atoms with van der Waals surface area (Å²) in [5, 5.41) is 3.21. The molecule has 2 atom stereocenters. The molecule has 0 radical (unpaired) electrons. The lowest BCUT2D eigenvalue weighted by molar-refractivity contribution is -0.127. The predicted octanol–water partition coefficient (Wildman–Crippen LogP) is 3.96. The lowest BCUT2D eigenvalue weighted by Gasteiger charge is -2.27. The number of anilines is 1. The normalized spacial score (nSPS) is 21.8. The van der Waals surface area contributed by atoms with Crippen LogP contribution < -0.4 is 10.2 Å². The van der Waals surface area contributed by atoms with E-state index in [1.165, 1.54) is 10.5 Å². The number of nitrogens with zero attached hydrogens (tertiary/aromatic N) is 1. The van der Waals surface area contributed by atoms with E-state index in [0.717, 1.165) is 29.8 Å². The number of hydrogen-bond donors (Lipinski definition) is 1. The lowest BCUT2D eigenvalue weighted by Crippen LogP contribution is -2.36. The highest BCUT2D eigenvalue weighted by atomic mass is 32.2. The Morgan fingerprint density at radius 3 is 2.81 bits per heavy atom. The molecule has 0 aromatic heterocycles. The van der Waals surface area contributed by atoms with Crippen LogP contribution in [0.25, 0.3) is 0 Å². The standard InChI is InChI=1S/C22H24N2O2S/c1-2-15-7-3-5-9-19(15)24-14-16(13-21(24)25)22(26)23-18-11-12-27-20-10-6-4-8-17(18)20/h3-10,16,18H,2,11-14H2,1H3,(H,23,26)/t16-,18+/m0/s1. The first kappa shape index (κ1) is 18.1. The Labute approximate surface area is 164 Å². The number of carbonyl (C=O) groups excluding carboxylic acids is 2. The van der Waals surface area contributed by atoms with Crippen molar-refractivity contribution in [2.24, 2.45) is 5.92 Å². The molecule has 5 heteroatoms. The largest absolute Gasteiger partial charge is 0.349 e. The minimum atomic E-state index is -0.288. The van der Waals surface area contributed by atoms with Gasteiger partial charge in [0.05, 0.1) is 12.0 Å². The van der Waals surface area contributed by atoms with Crippen molar-refractivity contribution in [2.45, 2.75) is 37.1 Å². The molecule has 2 aliphatic heterocycles. The van der Waals surface area contributed by atoms with E-state index in [9.17, 15) is 9.59 Å². The summed E-state index contributed by atoms with van der Waals surface area (Å²) in [6, 6.07) is 16.3. The molecule has 2 heterocycles. The van der Waals surface area contributed by atoms with E-state index in [4.69, 9.17) is 0 Å². The zero-order chi connectivity index (χ0) is 18.8. The van der Waals surface area contributed by atoms with E-state index in [1.54, 1.807) is 4.90 Å². The maximum atomic E-state index is 12.9. The number of thioether (sulfide) groups is 1. The van der Waals surface area contributed by atoms with Crippen molar-refractivity contribution in [1.82, 2.24) is 5.32 Å². The van der Waals surface area contributed by atoms with E-state index < -0.39 is 0 Å². The van der Waals surface area contributed by atoms with Crippen LogP contribution in [0.4, 0.5) is 5.69 Å². The Morgan fingerprint density at radius 1 is 1.19 bits per heavy atom. The predicted molar refractivity (Wildman–Crippen MR) is 109 cm³/mol. The fourth-order valence-corrected chi connectivity index (χ4v) is 5.10. The van der Waals surface area contributed by atoms with Gasteiger partial charge in [0.25, 0.3) is 0 Å². The summed E-state index contributed by atoms with van der Waals surface area (Å²) in [4.78, 5) is 28.5.